The number of piperazine rings is 1. The van der Waals surface area contributed by atoms with Crippen LogP contribution >= 0.6 is 0 Å². The van der Waals surface area contributed by atoms with E-state index in [2.05, 4.69) is 37.1 Å². The number of pyridine rings is 1. The average Bonchev–Trinajstić information content (AvgIpc) is 3.81. The van der Waals surface area contributed by atoms with Crippen molar-refractivity contribution < 1.29 is 27.8 Å². The van der Waals surface area contributed by atoms with Gasteiger partial charge in [-0.1, -0.05) is 5.92 Å². The second-order valence-corrected chi connectivity index (χ2v) is 14.1. The predicted octanol–water partition coefficient (Wildman–Crippen LogP) is 5.29. The fourth-order valence-corrected chi connectivity index (χ4v) is 7.92. The van der Waals surface area contributed by atoms with E-state index in [9.17, 15) is 19.1 Å². The molecule has 2 bridgehead atoms. The van der Waals surface area contributed by atoms with Crippen molar-refractivity contribution in [2.24, 2.45) is 11.3 Å². The number of nitriles is 1. The second kappa shape index (κ2) is 12.5. The third kappa shape index (κ3) is 5.68. The summed E-state index contributed by atoms with van der Waals surface area (Å²) in [4.78, 5) is 18.5. The standard InChI is InChI=1S/C37H36F3N7O3/c1-3-25-28-21(13-27(38)30(25)39)12-24(48)14-26(28)32-31(40)33-29(35(43-32)49-2)34(47-16-22-4-5-23(17-47)42-22)45-36(44-33)50-19-37(8-9-37)18-46-10-6-20(15-41)7-11-46/h1,12-14,20,22-23,42,48H,4-11,16-19H2,2H3. The number of nitrogens with one attached hydrogen (secondary N) is 1. The Morgan fingerprint density at radius 3 is 2.42 bits per heavy atom. The lowest BCUT2D eigenvalue weighted by Gasteiger charge is -2.34. The summed E-state index contributed by atoms with van der Waals surface area (Å²) in [5.41, 5.74) is -0.998. The van der Waals surface area contributed by atoms with E-state index in [1.807, 2.05) is 0 Å². The first-order valence-corrected chi connectivity index (χ1v) is 17.0. The number of likely N-dealkylation sites (tertiary alicyclic amines) is 1. The molecule has 4 fully saturated rings. The zero-order chi connectivity index (χ0) is 34.7. The van der Waals surface area contributed by atoms with Crippen molar-refractivity contribution in [3.8, 4) is 47.3 Å². The molecule has 5 heterocycles. The van der Waals surface area contributed by atoms with Crippen LogP contribution in [0.3, 0.4) is 0 Å². The number of terminal acetylenes is 1. The highest BCUT2D eigenvalue weighted by molar-refractivity contribution is 6.04. The molecule has 10 nitrogen and oxygen atoms in total. The van der Waals surface area contributed by atoms with Crippen LogP contribution in [0.25, 0.3) is 32.9 Å². The first-order valence-electron chi connectivity index (χ1n) is 17.0. The van der Waals surface area contributed by atoms with E-state index >= 15 is 4.39 Å². The van der Waals surface area contributed by atoms with Gasteiger partial charge in [-0.2, -0.15) is 15.2 Å². The lowest BCUT2D eigenvalue weighted by atomic mass is 9.95. The van der Waals surface area contributed by atoms with Crippen LogP contribution in [0, 0.1) is 52.5 Å². The van der Waals surface area contributed by atoms with Crippen molar-refractivity contribution in [2.75, 3.05) is 51.3 Å². The van der Waals surface area contributed by atoms with Crippen molar-refractivity contribution in [3.63, 3.8) is 0 Å². The van der Waals surface area contributed by atoms with Gasteiger partial charge in [-0.25, -0.2) is 18.2 Å². The molecule has 3 saturated heterocycles. The Balaban J connectivity index is 1.24. The molecule has 1 saturated carbocycles. The molecule has 50 heavy (non-hydrogen) atoms. The van der Waals surface area contributed by atoms with Crippen molar-refractivity contribution in [3.05, 3.63) is 41.2 Å². The number of benzene rings is 2. The highest BCUT2D eigenvalue weighted by atomic mass is 19.2. The van der Waals surface area contributed by atoms with Gasteiger partial charge >= 0.3 is 6.01 Å². The number of methoxy groups -OCH3 is 1. The lowest BCUT2D eigenvalue weighted by Crippen LogP contribution is -2.51. The van der Waals surface area contributed by atoms with Gasteiger partial charge in [0.1, 0.15) is 28.2 Å². The number of ether oxygens (including phenoxy) is 2. The number of aromatic nitrogens is 3. The Morgan fingerprint density at radius 2 is 1.76 bits per heavy atom. The monoisotopic (exact) mass is 683 g/mol. The molecule has 2 aromatic carbocycles. The number of hydrogen-bond donors (Lipinski definition) is 2. The van der Waals surface area contributed by atoms with E-state index in [4.69, 9.17) is 20.9 Å². The summed E-state index contributed by atoms with van der Waals surface area (Å²) in [5.74, 6) is -0.932. The van der Waals surface area contributed by atoms with Gasteiger partial charge in [0.05, 0.1) is 25.3 Å². The van der Waals surface area contributed by atoms with Gasteiger partial charge in [0.15, 0.2) is 17.5 Å². The molecule has 13 heteroatoms. The normalized spacial score (nSPS) is 21.7. The fraction of sp³-hybridized carbons (Fsp3) is 0.459. The number of fused-ring (bicyclic) bond motifs is 4. The third-order valence-corrected chi connectivity index (χ3v) is 10.7. The van der Waals surface area contributed by atoms with Crippen LogP contribution in [0.4, 0.5) is 19.0 Å². The van der Waals surface area contributed by atoms with Gasteiger partial charge in [-0.3, -0.25) is 0 Å². The first-order chi connectivity index (χ1) is 24.2. The predicted molar refractivity (Wildman–Crippen MR) is 180 cm³/mol. The topological polar surface area (TPSA) is 120 Å². The molecule has 0 spiro atoms. The molecule has 8 rings (SSSR count). The van der Waals surface area contributed by atoms with Crippen LogP contribution in [0.1, 0.15) is 44.1 Å². The molecular weight excluding hydrogens is 647 g/mol. The molecular formula is C37H36F3N7O3. The molecule has 0 amide bonds. The number of aromatic hydroxyl groups is 1. The van der Waals surface area contributed by atoms with E-state index in [-0.39, 0.29) is 74.0 Å². The molecule has 258 valence electrons. The van der Waals surface area contributed by atoms with Crippen molar-refractivity contribution >= 4 is 27.5 Å². The lowest BCUT2D eigenvalue weighted by molar-refractivity contribution is 0.130. The number of phenolic OH excluding ortho intramolecular Hbond substituents is 1. The summed E-state index contributed by atoms with van der Waals surface area (Å²) >= 11 is 0. The van der Waals surface area contributed by atoms with Crippen molar-refractivity contribution in [1.82, 2.24) is 25.2 Å². The van der Waals surface area contributed by atoms with E-state index in [1.54, 1.807) is 0 Å². The molecule has 1 aliphatic carbocycles. The summed E-state index contributed by atoms with van der Waals surface area (Å²) in [7, 11) is 1.40. The van der Waals surface area contributed by atoms with Crippen LogP contribution in [0.15, 0.2) is 18.2 Å². The number of anilines is 1. The molecule has 2 N–H and O–H groups in total. The first kappa shape index (κ1) is 32.4. The Hall–Kier alpha value is -4.85. The second-order valence-electron chi connectivity index (χ2n) is 14.1. The Kier molecular flexibility index (Phi) is 8.08. The molecule has 2 unspecified atom stereocenters. The zero-order valence-corrected chi connectivity index (χ0v) is 27.6. The average molecular weight is 684 g/mol. The number of nitrogens with zero attached hydrogens (tertiary/aromatic N) is 6. The Bertz CT molecular complexity index is 2090. The zero-order valence-electron chi connectivity index (χ0n) is 27.6. The quantitative estimate of drug-likeness (QED) is 0.237. The molecule has 2 atom stereocenters. The maximum atomic E-state index is 17.1. The number of phenols is 1. The number of hydrogen-bond acceptors (Lipinski definition) is 10. The summed E-state index contributed by atoms with van der Waals surface area (Å²) in [5, 5.41) is 23.9. The minimum atomic E-state index is -1.27. The Labute approximate surface area is 287 Å². The maximum absolute atomic E-state index is 17.1. The van der Waals surface area contributed by atoms with Crippen molar-refractivity contribution in [1.29, 1.82) is 5.26 Å². The molecule has 4 aliphatic rings. The van der Waals surface area contributed by atoms with Crippen LogP contribution in [-0.4, -0.2) is 83.5 Å². The summed E-state index contributed by atoms with van der Waals surface area (Å²) < 4.78 is 58.6. The maximum Gasteiger partial charge on any atom is 0.319 e. The summed E-state index contributed by atoms with van der Waals surface area (Å²) in [6.07, 6.45) is 11.3. The van der Waals surface area contributed by atoms with E-state index in [0.717, 1.165) is 64.2 Å². The van der Waals surface area contributed by atoms with Crippen LogP contribution in [0.5, 0.6) is 17.6 Å². The largest absolute Gasteiger partial charge is 0.508 e. The van der Waals surface area contributed by atoms with Gasteiger partial charge in [0, 0.05) is 54.0 Å². The van der Waals surface area contributed by atoms with E-state index in [1.165, 1.54) is 19.2 Å². The van der Waals surface area contributed by atoms with Gasteiger partial charge in [0.2, 0.25) is 5.88 Å². The van der Waals surface area contributed by atoms with Gasteiger partial charge in [-0.05, 0) is 75.2 Å². The minimum absolute atomic E-state index is 0.00384. The van der Waals surface area contributed by atoms with Gasteiger partial charge < -0.3 is 29.7 Å². The Morgan fingerprint density at radius 1 is 1.02 bits per heavy atom. The fourth-order valence-electron chi connectivity index (χ4n) is 7.92. The number of halogens is 3. The molecule has 3 aliphatic heterocycles. The van der Waals surface area contributed by atoms with Crippen LogP contribution in [0.2, 0.25) is 0 Å². The minimum Gasteiger partial charge on any atom is -0.508 e. The molecule has 2 aromatic heterocycles. The smallest absolute Gasteiger partial charge is 0.319 e. The van der Waals surface area contributed by atoms with Crippen LogP contribution in [-0.2, 0) is 0 Å². The highest BCUT2D eigenvalue weighted by Crippen LogP contribution is 2.48. The number of rotatable bonds is 8. The number of piperidine rings is 1. The van der Waals surface area contributed by atoms with Crippen molar-refractivity contribution in [2.45, 2.75) is 50.6 Å². The van der Waals surface area contributed by atoms with Gasteiger partial charge in [0.25, 0.3) is 0 Å². The summed E-state index contributed by atoms with van der Waals surface area (Å²) in [6, 6.07) is 6.19. The van der Waals surface area contributed by atoms with E-state index in [0.29, 0.717) is 25.5 Å². The highest BCUT2D eigenvalue weighted by Gasteiger charge is 2.45. The summed E-state index contributed by atoms with van der Waals surface area (Å²) in [6.45, 7) is 4.17. The molecule has 0 radical (unpaired) electrons. The van der Waals surface area contributed by atoms with E-state index < -0.39 is 23.0 Å². The van der Waals surface area contributed by atoms with Gasteiger partial charge in [-0.15, -0.1) is 6.42 Å². The SMILES string of the molecule is C#Cc1c(F)c(F)cc2cc(O)cc(-c3nc(OC)c4c(N5CC6CCC(C5)N6)nc(OCC5(CN6CCC(C#N)CC6)CC5)nc4c3F)c12. The molecule has 4 aromatic rings. The van der Waals surface area contributed by atoms with Crippen LogP contribution < -0.4 is 19.7 Å². The third-order valence-electron chi connectivity index (χ3n) is 10.7.